The van der Waals surface area contributed by atoms with Crippen LogP contribution in [0.2, 0.25) is 0 Å². The molecule has 3 aromatic carbocycles. The molecule has 1 aromatic heterocycles. The number of H-pyrrole nitrogens is 1. The predicted octanol–water partition coefficient (Wildman–Crippen LogP) is 5.14. The molecule has 0 saturated heterocycles. The number of benzene rings is 3. The zero-order valence-corrected chi connectivity index (χ0v) is 14.6. The van der Waals surface area contributed by atoms with Gasteiger partial charge >= 0.3 is 0 Å². The lowest BCUT2D eigenvalue weighted by atomic mass is 9.93. The van der Waals surface area contributed by atoms with Crippen LogP contribution in [-0.4, -0.2) is 16.6 Å². The summed E-state index contributed by atoms with van der Waals surface area (Å²) >= 11 is 0. The van der Waals surface area contributed by atoms with Crippen LogP contribution in [0.25, 0.3) is 11.3 Å². The number of carbonyl (C=O) groups is 2. The van der Waals surface area contributed by atoms with Crippen molar-refractivity contribution in [3.8, 4) is 11.3 Å². The molecule has 0 atom stereocenters. The first-order valence-electron chi connectivity index (χ1n) is 8.72. The van der Waals surface area contributed by atoms with Gasteiger partial charge in [0.2, 0.25) is 0 Å². The molecule has 0 fully saturated rings. The Hall–Kier alpha value is -3.72. The Kier molecular flexibility index (Phi) is 4.50. The fourth-order valence-corrected chi connectivity index (χ4v) is 3.15. The molecule has 3 heteroatoms. The molecule has 0 unspecified atom stereocenters. The van der Waals surface area contributed by atoms with E-state index < -0.39 is 0 Å². The maximum atomic E-state index is 13.3. The second kappa shape index (κ2) is 7.26. The summed E-state index contributed by atoms with van der Waals surface area (Å²) in [5.41, 5.74) is 3.41. The molecule has 0 bridgehead atoms. The molecular formula is C24H17NO2. The first-order valence-corrected chi connectivity index (χ1v) is 8.72. The van der Waals surface area contributed by atoms with Crippen molar-refractivity contribution in [2.45, 2.75) is 0 Å². The molecule has 27 heavy (non-hydrogen) atoms. The molecule has 1 N–H and O–H groups in total. The van der Waals surface area contributed by atoms with Gasteiger partial charge in [-0.05, 0) is 5.56 Å². The van der Waals surface area contributed by atoms with Crippen molar-refractivity contribution in [2.75, 3.05) is 0 Å². The van der Waals surface area contributed by atoms with Crippen LogP contribution in [0.1, 0.15) is 31.8 Å². The van der Waals surface area contributed by atoms with Gasteiger partial charge in [-0.3, -0.25) is 9.59 Å². The van der Waals surface area contributed by atoms with Crippen molar-refractivity contribution in [2.24, 2.45) is 0 Å². The smallest absolute Gasteiger partial charge is 0.195 e. The number of rotatable bonds is 5. The quantitative estimate of drug-likeness (QED) is 0.506. The van der Waals surface area contributed by atoms with Crippen LogP contribution in [-0.2, 0) is 0 Å². The van der Waals surface area contributed by atoms with E-state index in [1.54, 1.807) is 30.5 Å². The lowest BCUT2D eigenvalue weighted by molar-refractivity contribution is 0.100. The molecule has 4 aromatic rings. The Morgan fingerprint density at radius 3 is 1.63 bits per heavy atom. The average Bonchev–Trinajstić information content (AvgIpc) is 3.19. The van der Waals surface area contributed by atoms with Gasteiger partial charge in [-0.2, -0.15) is 0 Å². The summed E-state index contributed by atoms with van der Waals surface area (Å²) in [6.07, 6.45) is 1.63. The van der Waals surface area contributed by atoms with E-state index in [4.69, 9.17) is 0 Å². The van der Waals surface area contributed by atoms with Crippen LogP contribution in [0.15, 0.2) is 97.2 Å². The first kappa shape index (κ1) is 16.7. The Balaban J connectivity index is 1.89. The lowest BCUT2D eigenvalue weighted by Crippen LogP contribution is -2.10. The van der Waals surface area contributed by atoms with Crippen molar-refractivity contribution in [1.82, 2.24) is 4.98 Å². The SMILES string of the molecule is O=C(c1ccccc1)c1c[nH]c(-c2ccccc2)c1C(=O)c1ccccc1. The molecule has 0 aliphatic carbocycles. The van der Waals surface area contributed by atoms with Crippen molar-refractivity contribution in [3.63, 3.8) is 0 Å². The van der Waals surface area contributed by atoms with Gasteiger partial charge in [0.05, 0.1) is 16.8 Å². The number of aromatic amines is 1. The van der Waals surface area contributed by atoms with Gasteiger partial charge in [0, 0.05) is 17.3 Å². The Labute approximate surface area is 157 Å². The second-order valence-electron chi connectivity index (χ2n) is 6.21. The maximum absolute atomic E-state index is 13.3. The van der Waals surface area contributed by atoms with Crippen molar-refractivity contribution >= 4 is 11.6 Å². The Bertz CT molecular complexity index is 1080. The second-order valence-corrected chi connectivity index (χ2v) is 6.21. The molecule has 0 aliphatic heterocycles. The van der Waals surface area contributed by atoms with Gasteiger partial charge in [-0.1, -0.05) is 91.0 Å². The van der Waals surface area contributed by atoms with Crippen LogP contribution in [0.5, 0.6) is 0 Å². The van der Waals surface area contributed by atoms with E-state index in [2.05, 4.69) is 4.98 Å². The van der Waals surface area contributed by atoms with Gasteiger partial charge in [-0.15, -0.1) is 0 Å². The molecule has 0 spiro atoms. The highest BCUT2D eigenvalue weighted by atomic mass is 16.1. The highest BCUT2D eigenvalue weighted by Crippen LogP contribution is 2.29. The number of nitrogens with one attached hydrogen (secondary N) is 1. The first-order chi connectivity index (χ1) is 13.3. The van der Waals surface area contributed by atoms with E-state index in [0.29, 0.717) is 27.9 Å². The molecule has 0 saturated carbocycles. The summed E-state index contributed by atoms with van der Waals surface area (Å²) in [4.78, 5) is 29.5. The fourth-order valence-electron chi connectivity index (χ4n) is 3.15. The minimum absolute atomic E-state index is 0.171. The van der Waals surface area contributed by atoms with Crippen LogP contribution < -0.4 is 0 Å². The number of ketones is 2. The summed E-state index contributed by atoms with van der Waals surface area (Å²) in [6.45, 7) is 0. The number of carbonyl (C=O) groups excluding carboxylic acids is 2. The maximum Gasteiger partial charge on any atom is 0.195 e. The monoisotopic (exact) mass is 351 g/mol. The van der Waals surface area contributed by atoms with E-state index in [1.165, 1.54) is 0 Å². The standard InChI is InChI=1S/C24H17NO2/c26-23(18-12-6-2-7-13-18)20-16-25-22(17-10-4-1-5-11-17)21(20)24(27)19-14-8-3-9-15-19/h1-16,25H. The highest BCUT2D eigenvalue weighted by molar-refractivity contribution is 6.22. The fraction of sp³-hybridized carbons (Fsp3) is 0. The molecule has 0 aliphatic rings. The molecule has 0 radical (unpaired) electrons. The predicted molar refractivity (Wildman–Crippen MR) is 106 cm³/mol. The van der Waals surface area contributed by atoms with Crippen molar-refractivity contribution < 1.29 is 9.59 Å². The number of aromatic nitrogens is 1. The minimum Gasteiger partial charge on any atom is -0.360 e. The molecule has 3 nitrogen and oxygen atoms in total. The molecule has 4 rings (SSSR count). The molecular weight excluding hydrogens is 334 g/mol. The normalized spacial score (nSPS) is 10.5. The average molecular weight is 351 g/mol. The van der Waals surface area contributed by atoms with Gasteiger partial charge in [0.25, 0.3) is 0 Å². The summed E-state index contributed by atoms with van der Waals surface area (Å²) in [5.74, 6) is -0.344. The third-order valence-corrected chi connectivity index (χ3v) is 4.49. The van der Waals surface area contributed by atoms with E-state index in [9.17, 15) is 9.59 Å². The summed E-state index contributed by atoms with van der Waals surface area (Å²) in [5, 5.41) is 0. The number of hydrogen-bond acceptors (Lipinski definition) is 2. The topological polar surface area (TPSA) is 49.9 Å². The molecule has 130 valence electrons. The van der Waals surface area contributed by atoms with Gasteiger partial charge in [0.1, 0.15) is 0 Å². The van der Waals surface area contributed by atoms with Crippen molar-refractivity contribution in [3.05, 3.63) is 119 Å². The lowest BCUT2D eigenvalue weighted by Gasteiger charge is -2.07. The van der Waals surface area contributed by atoms with Gasteiger partial charge < -0.3 is 4.98 Å². The molecule has 1 heterocycles. The summed E-state index contributed by atoms with van der Waals surface area (Å²) in [7, 11) is 0. The van der Waals surface area contributed by atoms with Crippen molar-refractivity contribution in [1.29, 1.82) is 0 Å². The summed E-state index contributed by atoms with van der Waals surface area (Å²) < 4.78 is 0. The van der Waals surface area contributed by atoms with Crippen LogP contribution in [0.3, 0.4) is 0 Å². The van der Waals surface area contributed by atoms with E-state index in [0.717, 1.165) is 5.56 Å². The summed E-state index contributed by atoms with van der Waals surface area (Å²) in [6, 6.07) is 27.6. The highest BCUT2D eigenvalue weighted by Gasteiger charge is 2.25. The van der Waals surface area contributed by atoms with Crippen LogP contribution in [0, 0.1) is 0 Å². The van der Waals surface area contributed by atoms with E-state index >= 15 is 0 Å². The Morgan fingerprint density at radius 2 is 1.07 bits per heavy atom. The third kappa shape index (κ3) is 3.23. The third-order valence-electron chi connectivity index (χ3n) is 4.49. The zero-order chi connectivity index (χ0) is 18.6. The van der Waals surface area contributed by atoms with E-state index in [-0.39, 0.29) is 11.6 Å². The Morgan fingerprint density at radius 1 is 0.593 bits per heavy atom. The number of hydrogen-bond donors (Lipinski definition) is 1. The van der Waals surface area contributed by atoms with Crippen LogP contribution in [0.4, 0.5) is 0 Å². The van der Waals surface area contributed by atoms with Crippen LogP contribution >= 0.6 is 0 Å². The van der Waals surface area contributed by atoms with Gasteiger partial charge in [0.15, 0.2) is 11.6 Å². The molecule has 0 amide bonds. The zero-order valence-electron chi connectivity index (χ0n) is 14.6. The minimum atomic E-state index is -0.173. The van der Waals surface area contributed by atoms with E-state index in [1.807, 2.05) is 66.7 Å². The van der Waals surface area contributed by atoms with Gasteiger partial charge in [-0.25, -0.2) is 0 Å². The largest absolute Gasteiger partial charge is 0.360 e.